The van der Waals surface area contributed by atoms with E-state index in [0.29, 0.717) is 53.3 Å². The summed E-state index contributed by atoms with van der Waals surface area (Å²) in [4.78, 5) is 26.4. The van der Waals surface area contributed by atoms with E-state index < -0.39 is 18.1 Å². The van der Waals surface area contributed by atoms with Crippen molar-refractivity contribution in [3.8, 4) is 0 Å². The van der Waals surface area contributed by atoms with Crippen molar-refractivity contribution in [2.24, 2.45) is 0 Å². The van der Waals surface area contributed by atoms with Crippen molar-refractivity contribution in [3.05, 3.63) is 71.7 Å². The van der Waals surface area contributed by atoms with E-state index in [1.54, 1.807) is 56.6 Å². The number of pyridine rings is 1. The summed E-state index contributed by atoms with van der Waals surface area (Å²) >= 11 is 0. The summed E-state index contributed by atoms with van der Waals surface area (Å²) in [7, 11) is -3.19. The topological polar surface area (TPSA) is 131 Å². The molecule has 0 unspecified atom stereocenters. The molecule has 0 aliphatic carbocycles. The fourth-order valence-corrected chi connectivity index (χ4v) is 6.11. The molecule has 13 heteroatoms. The van der Waals surface area contributed by atoms with Crippen LogP contribution in [0.15, 0.2) is 54.9 Å². The standard InChI is InChI=1S/C30H39N7O4SSi/c1-7-37(42(3,39)40)27-22(11-10-17-32-27)14-15-26-23-16-18-36(21-41-19-20-43(4,5)6)28(23)35-30(34-26)33-25-13-9-8-12-24(25)29(38)31-2/h8-18H,7,19-21H2,1-6H3,(H,31,38)(H,33,34,35)/b15-14+. The van der Waals surface area contributed by atoms with Crippen molar-refractivity contribution in [2.75, 3.05) is 36.1 Å². The Bertz CT molecular complexity index is 1730. The van der Waals surface area contributed by atoms with Crippen LogP contribution in [0.5, 0.6) is 0 Å². The van der Waals surface area contributed by atoms with Crippen LogP contribution in [0.1, 0.15) is 28.5 Å². The largest absolute Gasteiger partial charge is 0.361 e. The number of carbonyl (C=O) groups is 1. The Morgan fingerprint density at radius 1 is 1.09 bits per heavy atom. The molecule has 4 aromatic rings. The zero-order chi connectivity index (χ0) is 31.2. The third-order valence-electron chi connectivity index (χ3n) is 6.68. The molecular weight excluding hydrogens is 583 g/mol. The Hall–Kier alpha value is -4.07. The average Bonchev–Trinajstić information content (AvgIpc) is 3.36. The van der Waals surface area contributed by atoms with Gasteiger partial charge >= 0.3 is 0 Å². The lowest BCUT2D eigenvalue weighted by atomic mass is 10.1. The van der Waals surface area contributed by atoms with Crippen LogP contribution in [0.4, 0.5) is 17.5 Å². The molecule has 1 amide bonds. The fraction of sp³-hybridized carbons (Fsp3) is 0.333. The third-order valence-corrected chi connectivity index (χ3v) is 9.62. The molecule has 3 heterocycles. The van der Waals surface area contributed by atoms with E-state index in [2.05, 4.69) is 35.3 Å². The predicted molar refractivity (Wildman–Crippen MR) is 176 cm³/mol. The average molecular weight is 622 g/mol. The molecule has 2 N–H and O–H groups in total. The Morgan fingerprint density at radius 2 is 1.86 bits per heavy atom. The van der Waals surface area contributed by atoms with Crippen LogP contribution in [0.25, 0.3) is 23.2 Å². The lowest BCUT2D eigenvalue weighted by molar-refractivity contribution is 0.0899. The number of fused-ring (bicyclic) bond motifs is 1. The molecule has 43 heavy (non-hydrogen) atoms. The van der Waals surface area contributed by atoms with Crippen molar-refractivity contribution < 1.29 is 17.9 Å². The number of ether oxygens (including phenoxy) is 1. The molecule has 0 bridgehead atoms. The molecule has 228 valence electrons. The number of hydrogen-bond acceptors (Lipinski definition) is 8. The van der Waals surface area contributed by atoms with Gasteiger partial charge in [-0.15, -0.1) is 0 Å². The van der Waals surface area contributed by atoms with Crippen molar-refractivity contribution >= 4 is 64.6 Å². The molecule has 4 rings (SSSR count). The van der Waals surface area contributed by atoms with Gasteiger partial charge in [-0.1, -0.05) is 31.8 Å². The first kappa shape index (κ1) is 31.9. The van der Waals surface area contributed by atoms with Gasteiger partial charge in [-0.2, -0.15) is 4.98 Å². The highest BCUT2D eigenvalue weighted by molar-refractivity contribution is 7.92. The highest BCUT2D eigenvalue weighted by Gasteiger charge is 2.19. The minimum atomic E-state index is -3.53. The van der Waals surface area contributed by atoms with E-state index in [9.17, 15) is 13.2 Å². The van der Waals surface area contributed by atoms with Crippen molar-refractivity contribution in [1.82, 2.24) is 24.8 Å². The smallest absolute Gasteiger partial charge is 0.253 e. The van der Waals surface area contributed by atoms with E-state index >= 15 is 0 Å². The maximum absolute atomic E-state index is 12.5. The van der Waals surface area contributed by atoms with Crippen molar-refractivity contribution in [1.29, 1.82) is 0 Å². The second-order valence-electron chi connectivity index (χ2n) is 11.2. The molecular formula is C30H39N7O4SSi. The van der Waals surface area contributed by atoms with E-state index in [-0.39, 0.29) is 12.5 Å². The van der Waals surface area contributed by atoms with Crippen molar-refractivity contribution in [3.63, 3.8) is 0 Å². The summed E-state index contributed by atoms with van der Waals surface area (Å²) in [5.74, 6) is 0.391. The molecule has 0 saturated heterocycles. The molecule has 1 aromatic carbocycles. The number of rotatable bonds is 13. The number of anilines is 3. The van der Waals surface area contributed by atoms with Crippen LogP contribution < -0.4 is 14.9 Å². The van der Waals surface area contributed by atoms with Crippen LogP contribution in [0.3, 0.4) is 0 Å². The molecule has 0 saturated carbocycles. The van der Waals surface area contributed by atoms with Gasteiger partial charge in [-0.3, -0.25) is 9.10 Å². The summed E-state index contributed by atoms with van der Waals surface area (Å²) in [5, 5.41) is 6.66. The van der Waals surface area contributed by atoms with Gasteiger partial charge in [0.25, 0.3) is 5.91 Å². The van der Waals surface area contributed by atoms with Gasteiger partial charge < -0.3 is 19.9 Å². The summed E-state index contributed by atoms with van der Waals surface area (Å²) in [6, 6.07) is 13.7. The molecule has 0 fully saturated rings. The summed E-state index contributed by atoms with van der Waals surface area (Å²) < 4.78 is 34.1. The molecule has 3 aromatic heterocycles. The predicted octanol–water partition coefficient (Wildman–Crippen LogP) is 5.20. The Kier molecular flexibility index (Phi) is 9.99. The van der Waals surface area contributed by atoms with Crippen molar-refractivity contribution in [2.45, 2.75) is 39.3 Å². The van der Waals surface area contributed by atoms with Crippen LogP contribution >= 0.6 is 0 Å². The Morgan fingerprint density at radius 3 is 2.56 bits per heavy atom. The van der Waals surface area contributed by atoms with Gasteiger partial charge in [-0.05, 0) is 55.5 Å². The van der Waals surface area contributed by atoms with Gasteiger partial charge in [0.2, 0.25) is 16.0 Å². The normalized spacial score (nSPS) is 12.1. The van der Waals surface area contributed by atoms with Gasteiger partial charge in [0.05, 0.1) is 23.2 Å². The van der Waals surface area contributed by atoms with Crippen LogP contribution in [-0.2, 0) is 21.5 Å². The van der Waals surface area contributed by atoms with E-state index in [1.807, 2.05) is 29.0 Å². The van der Waals surface area contributed by atoms with Gasteiger partial charge in [0, 0.05) is 51.6 Å². The molecule has 0 radical (unpaired) electrons. The Labute approximate surface area is 254 Å². The molecule has 11 nitrogen and oxygen atoms in total. The third kappa shape index (κ3) is 8.06. The maximum atomic E-state index is 12.5. The van der Waals surface area contributed by atoms with E-state index in [0.717, 1.165) is 17.7 Å². The van der Waals surface area contributed by atoms with Crippen LogP contribution in [-0.4, -0.2) is 68.4 Å². The number of hydrogen-bond donors (Lipinski definition) is 2. The van der Waals surface area contributed by atoms with Crippen LogP contribution in [0.2, 0.25) is 25.7 Å². The second kappa shape index (κ2) is 13.5. The van der Waals surface area contributed by atoms with E-state index in [1.165, 1.54) is 4.31 Å². The Balaban J connectivity index is 1.77. The van der Waals surface area contributed by atoms with E-state index in [4.69, 9.17) is 14.7 Å². The number of nitrogens with one attached hydrogen (secondary N) is 2. The highest BCUT2D eigenvalue weighted by atomic mass is 32.2. The minimum absolute atomic E-state index is 0.237. The molecule has 0 spiro atoms. The quantitative estimate of drug-likeness (QED) is 0.154. The molecule has 0 aliphatic heterocycles. The highest BCUT2D eigenvalue weighted by Crippen LogP contribution is 2.27. The lowest BCUT2D eigenvalue weighted by Crippen LogP contribution is -2.30. The van der Waals surface area contributed by atoms with Gasteiger partial charge in [0.15, 0.2) is 0 Å². The SMILES string of the molecule is CCN(c1ncccc1/C=C/c1nc(Nc2ccccc2C(=O)NC)nc2c1ccn2COCC[Si](C)(C)C)S(C)(=O)=O. The minimum Gasteiger partial charge on any atom is -0.361 e. The summed E-state index contributed by atoms with van der Waals surface area (Å²) in [6.07, 6.45) is 8.24. The first-order chi connectivity index (χ1) is 20.4. The molecule has 0 aliphatic rings. The maximum Gasteiger partial charge on any atom is 0.253 e. The first-order valence-electron chi connectivity index (χ1n) is 14.0. The second-order valence-corrected chi connectivity index (χ2v) is 18.8. The number of benzene rings is 1. The van der Waals surface area contributed by atoms with Gasteiger partial charge in [0.1, 0.15) is 18.2 Å². The van der Waals surface area contributed by atoms with Crippen LogP contribution in [0, 0.1) is 0 Å². The zero-order valence-corrected chi connectivity index (χ0v) is 27.3. The number of carbonyl (C=O) groups excluding carboxylic acids is 1. The molecule has 0 atom stereocenters. The monoisotopic (exact) mass is 621 g/mol. The summed E-state index contributed by atoms with van der Waals surface area (Å²) in [6.45, 7) is 9.93. The lowest BCUT2D eigenvalue weighted by Gasteiger charge is -2.20. The zero-order valence-electron chi connectivity index (χ0n) is 25.5. The number of amides is 1. The number of aromatic nitrogens is 4. The van der Waals surface area contributed by atoms with Gasteiger partial charge in [-0.25, -0.2) is 18.4 Å². The first-order valence-corrected chi connectivity index (χ1v) is 19.6. The number of nitrogens with zero attached hydrogens (tertiary/aromatic N) is 5. The fourth-order valence-electron chi connectivity index (χ4n) is 4.42. The number of sulfonamides is 1. The summed E-state index contributed by atoms with van der Waals surface area (Å²) in [5.41, 5.74) is 2.89. The number of para-hydroxylation sites is 1.